The Hall–Kier alpha value is -1.91. The van der Waals surface area contributed by atoms with Crippen molar-refractivity contribution in [2.45, 2.75) is 0 Å². The third kappa shape index (κ3) is 1.44. The fourth-order valence-corrected chi connectivity index (χ4v) is 1.27. The van der Waals surface area contributed by atoms with E-state index in [2.05, 4.69) is 16.5 Å². The van der Waals surface area contributed by atoms with Crippen molar-refractivity contribution >= 4 is 11.8 Å². The average Bonchev–Trinajstić information content (AvgIpc) is 2.13. The number of nitrogens with zero attached hydrogens (tertiary/aromatic N) is 3. The Bertz CT molecular complexity index is 395. The summed E-state index contributed by atoms with van der Waals surface area (Å²) in [5.74, 6) is -0.462. The molecule has 5 heteroatoms. The third-order valence-corrected chi connectivity index (χ3v) is 1.99. The molecule has 0 amide bonds. The van der Waals surface area contributed by atoms with Crippen LogP contribution in [0.5, 0.6) is 0 Å². The Balaban J connectivity index is 2.22. The smallest absolute Gasteiger partial charge is 0.356 e. The molecule has 1 aliphatic heterocycles. The van der Waals surface area contributed by atoms with Gasteiger partial charge in [-0.15, -0.1) is 0 Å². The fraction of sp³-hybridized carbons (Fsp3) is 0.222. The van der Waals surface area contributed by atoms with Crippen LogP contribution < -0.4 is 4.90 Å². The Morgan fingerprint density at radius 1 is 1.50 bits per heavy atom. The minimum absolute atomic E-state index is 0.0278. The number of carboxylic acid groups (broad SMARTS) is 1. The SMILES string of the molecule is C=C1CN(c2cncc(C(=O)O)n2)C1. The van der Waals surface area contributed by atoms with Gasteiger partial charge in [-0.25, -0.2) is 9.78 Å². The molecule has 0 radical (unpaired) electrons. The first kappa shape index (κ1) is 8.68. The van der Waals surface area contributed by atoms with Gasteiger partial charge < -0.3 is 10.0 Å². The lowest BCUT2D eigenvalue weighted by Gasteiger charge is -2.33. The van der Waals surface area contributed by atoms with Crippen molar-refractivity contribution in [3.8, 4) is 0 Å². The predicted molar refractivity (Wildman–Crippen MR) is 50.3 cm³/mol. The first-order valence-corrected chi connectivity index (χ1v) is 4.14. The molecule has 0 aliphatic carbocycles. The Morgan fingerprint density at radius 2 is 2.21 bits per heavy atom. The van der Waals surface area contributed by atoms with Crippen molar-refractivity contribution in [2.75, 3.05) is 18.0 Å². The molecule has 1 saturated heterocycles. The quantitative estimate of drug-likeness (QED) is 0.691. The van der Waals surface area contributed by atoms with Crippen LogP contribution in [-0.2, 0) is 0 Å². The standard InChI is InChI=1S/C9H9N3O2/c1-6-4-12(5-6)8-3-10-2-7(11-8)9(13)14/h2-3H,1,4-5H2,(H,13,14). The molecule has 5 nitrogen and oxygen atoms in total. The number of rotatable bonds is 2. The van der Waals surface area contributed by atoms with Gasteiger partial charge in [0.2, 0.25) is 0 Å². The van der Waals surface area contributed by atoms with Gasteiger partial charge in [0.15, 0.2) is 5.69 Å². The second kappa shape index (κ2) is 3.10. The molecule has 0 bridgehead atoms. The van der Waals surface area contributed by atoms with Gasteiger partial charge in [-0.3, -0.25) is 4.98 Å². The van der Waals surface area contributed by atoms with E-state index in [1.807, 2.05) is 4.90 Å². The molecule has 0 spiro atoms. The molecule has 2 rings (SSSR count). The van der Waals surface area contributed by atoms with Gasteiger partial charge in [-0.05, 0) is 5.57 Å². The molecular weight excluding hydrogens is 182 g/mol. The van der Waals surface area contributed by atoms with Crippen molar-refractivity contribution in [1.29, 1.82) is 0 Å². The third-order valence-electron chi connectivity index (χ3n) is 1.99. The lowest BCUT2D eigenvalue weighted by atomic mass is 10.1. The molecule has 72 valence electrons. The molecule has 1 aliphatic rings. The van der Waals surface area contributed by atoms with Crippen molar-refractivity contribution in [3.63, 3.8) is 0 Å². The maximum atomic E-state index is 10.6. The summed E-state index contributed by atoms with van der Waals surface area (Å²) in [7, 11) is 0. The summed E-state index contributed by atoms with van der Waals surface area (Å²) >= 11 is 0. The molecule has 1 fully saturated rings. The first-order chi connectivity index (χ1) is 6.66. The van der Waals surface area contributed by atoms with E-state index in [0.717, 1.165) is 18.7 Å². The van der Waals surface area contributed by atoms with Crippen LogP contribution in [0.15, 0.2) is 24.5 Å². The second-order valence-electron chi connectivity index (χ2n) is 3.17. The summed E-state index contributed by atoms with van der Waals surface area (Å²) in [6.07, 6.45) is 2.79. The van der Waals surface area contributed by atoms with Crippen molar-refractivity contribution in [3.05, 3.63) is 30.2 Å². The summed E-state index contributed by atoms with van der Waals surface area (Å²) in [5.41, 5.74) is 1.09. The summed E-state index contributed by atoms with van der Waals surface area (Å²) in [6.45, 7) is 5.26. The van der Waals surface area contributed by atoms with Crippen molar-refractivity contribution in [2.24, 2.45) is 0 Å². The molecule has 1 aromatic heterocycles. The highest BCUT2D eigenvalue weighted by Crippen LogP contribution is 2.19. The molecule has 1 N–H and O–H groups in total. The topological polar surface area (TPSA) is 66.3 Å². The summed E-state index contributed by atoms with van der Waals surface area (Å²) in [5, 5.41) is 8.70. The van der Waals surface area contributed by atoms with Gasteiger partial charge in [0.05, 0.1) is 12.4 Å². The van der Waals surface area contributed by atoms with E-state index in [9.17, 15) is 4.79 Å². The minimum atomic E-state index is -1.06. The Labute approximate surface area is 80.7 Å². The summed E-state index contributed by atoms with van der Waals surface area (Å²) in [6, 6.07) is 0. The van der Waals surface area contributed by atoms with Crippen LogP contribution in [-0.4, -0.2) is 34.1 Å². The van der Waals surface area contributed by atoms with Crippen molar-refractivity contribution < 1.29 is 9.90 Å². The molecular formula is C9H9N3O2. The van der Waals surface area contributed by atoms with Gasteiger partial charge in [0.25, 0.3) is 0 Å². The highest BCUT2D eigenvalue weighted by Gasteiger charge is 2.20. The van der Waals surface area contributed by atoms with Gasteiger partial charge in [0.1, 0.15) is 5.82 Å². The van der Waals surface area contributed by atoms with E-state index in [1.165, 1.54) is 6.20 Å². The molecule has 0 atom stereocenters. The number of anilines is 1. The molecule has 1 aromatic rings. The number of carboxylic acids is 1. The number of aromatic nitrogens is 2. The van der Waals surface area contributed by atoms with Crippen LogP contribution in [0.1, 0.15) is 10.5 Å². The van der Waals surface area contributed by atoms with E-state index in [4.69, 9.17) is 5.11 Å². The van der Waals surface area contributed by atoms with Crippen LogP contribution in [0.4, 0.5) is 5.82 Å². The van der Waals surface area contributed by atoms with Crippen molar-refractivity contribution in [1.82, 2.24) is 9.97 Å². The maximum Gasteiger partial charge on any atom is 0.356 e. The Morgan fingerprint density at radius 3 is 2.79 bits per heavy atom. The molecule has 0 aromatic carbocycles. The lowest BCUT2D eigenvalue weighted by Crippen LogP contribution is -2.40. The van der Waals surface area contributed by atoms with Crippen LogP contribution in [0.3, 0.4) is 0 Å². The van der Waals surface area contributed by atoms with Gasteiger partial charge in [0, 0.05) is 13.1 Å². The largest absolute Gasteiger partial charge is 0.476 e. The number of aromatic carboxylic acids is 1. The average molecular weight is 191 g/mol. The van der Waals surface area contributed by atoms with Gasteiger partial charge in [-0.1, -0.05) is 6.58 Å². The normalized spacial score (nSPS) is 15.1. The lowest BCUT2D eigenvalue weighted by molar-refractivity contribution is 0.0690. The number of hydrogen-bond donors (Lipinski definition) is 1. The van der Waals surface area contributed by atoms with Gasteiger partial charge in [-0.2, -0.15) is 0 Å². The molecule has 0 unspecified atom stereocenters. The van der Waals surface area contributed by atoms with E-state index in [0.29, 0.717) is 5.82 Å². The first-order valence-electron chi connectivity index (χ1n) is 4.14. The second-order valence-corrected chi connectivity index (χ2v) is 3.17. The molecule has 0 saturated carbocycles. The maximum absolute atomic E-state index is 10.6. The number of carbonyl (C=O) groups is 1. The van der Waals surface area contributed by atoms with Gasteiger partial charge >= 0.3 is 5.97 Å². The van der Waals surface area contributed by atoms with E-state index in [-0.39, 0.29) is 5.69 Å². The predicted octanol–water partition coefficient (Wildman–Crippen LogP) is 0.551. The fourth-order valence-electron chi connectivity index (χ4n) is 1.27. The summed E-state index contributed by atoms with van der Waals surface area (Å²) < 4.78 is 0. The molecule has 2 heterocycles. The Kier molecular flexibility index (Phi) is 1.92. The number of hydrogen-bond acceptors (Lipinski definition) is 4. The van der Waals surface area contributed by atoms with Crippen LogP contribution in [0, 0.1) is 0 Å². The van der Waals surface area contributed by atoms with Crippen LogP contribution >= 0.6 is 0 Å². The zero-order valence-electron chi connectivity index (χ0n) is 7.47. The van der Waals surface area contributed by atoms with E-state index in [1.54, 1.807) is 6.20 Å². The zero-order chi connectivity index (χ0) is 10.1. The highest BCUT2D eigenvalue weighted by atomic mass is 16.4. The minimum Gasteiger partial charge on any atom is -0.476 e. The van der Waals surface area contributed by atoms with Crippen LogP contribution in [0.2, 0.25) is 0 Å². The zero-order valence-corrected chi connectivity index (χ0v) is 7.47. The molecule has 14 heavy (non-hydrogen) atoms. The van der Waals surface area contributed by atoms with E-state index >= 15 is 0 Å². The van der Waals surface area contributed by atoms with Crippen LogP contribution in [0.25, 0.3) is 0 Å². The monoisotopic (exact) mass is 191 g/mol. The summed E-state index contributed by atoms with van der Waals surface area (Å²) in [4.78, 5) is 20.3. The highest BCUT2D eigenvalue weighted by molar-refractivity contribution is 5.85. The van der Waals surface area contributed by atoms with E-state index < -0.39 is 5.97 Å².